The van der Waals surface area contributed by atoms with E-state index >= 15 is 0 Å². The van der Waals surface area contributed by atoms with Crippen LogP contribution in [-0.2, 0) is 12.2 Å². The Morgan fingerprint density at radius 2 is 2.03 bits per heavy atom. The summed E-state index contributed by atoms with van der Waals surface area (Å²) in [5.74, 6) is 0.603. The Bertz CT molecular complexity index is 1130. The maximum Gasteiger partial charge on any atom is 0.257 e. The lowest BCUT2D eigenvalue weighted by atomic mass is 10.1. The van der Waals surface area contributed by atoms with E-state index in [-0.39, 0.29) is 5.91 Å². The summed E-state index contributed by atoms with van der Waals surface area (Å²) in [5.41, 5.74) is 5.48. The normalized spacial score (nSPS) is 10.9. The Morgan fingerprint density at radius 1 is 1.10 bits per heavy atom. The minimum Gasteiger partial charge on any atom is -0.431 e. The fraction of sp³-hybridized carbons (Fsp3) is 0.174. The first-order chi connectivity index (χ1) is 14.2. The van der Waals surface area contributed by atoms with Gasteiger partial charge in [0.05, 0.1) is 0 Å². The first kappa shape index (κ1) is 19.2. The molecule has 0 atom stereocenters. The third-order valence-electron chi connectivity index (χ3n) is 4.47. The highest BCUT2D eigenvalue weighted by atomic mass is 32.2. The molecule has 0 fully saturated rings. The van der Waals surface area contributed by atoms with Gasteiger partial charge in [-0.1, -0.05) is 36.0 Å². The molecule has 6 heteroatoms. The summed E-state index contributed by atoms with van der Waals surface area (Å²) in [6.45, 7) is 2.59. The molecule has 4 aromatic rings. The number of hydrogen-bond acceptors (Lipinski definition) is 5. The molecule has 2 aromatic heterocycles. The van der Waals surface area contributed by atoms with Crippen LogP contribution in [0.4, 0.5) is 0 Å². The van der Waals surface area contributed by atoms with E-state index in [0.717, 1.165) is 27.9 Å². The molecule has 29 heavy (non-hydrogen) atoms. The van der Waals surface area contributed by atoms with E-state index in [4.69, 9.17) is 4.42 Å². The van der Waals surface area contributed by atoms with E-state index in [1.165, 1.54) is 11.8 Å². The molecule has 0 saturated heterocycles. The third kappa shape index (κ3) is 5.03. The van der Waals surface area contributed by atoms with Crippen molar-refractivity contribution in [2.45, 2.75) is 24.3 Å². The molecule has 1 amide bonds. The van der Waals surface area contributed by atoms with E-state index in [1.807, 2.05) is 67.6 Å². The minimum absolute atomic E-state index is 0.0786. The second-order valence-electron chi connectivity index (χ2n) is 6.77. The van der Waals surface area contributed by atoms with Gasteiger partial charge >= 0.3 is 0 Å². The van der Waals surface area contributed by atoms with Gasteiger partial charge in [0.2, 0.25) is 0 Å². The maximum absolute atomic E-state index is 12.4. The average molecular weight is 404 g/mol. The number of fused-ring (bicyclic) bond motifs is 1. The fourth-order valence-corrected chi connectivity index (χ4v) is 3.76. The molecule has 0 saturated carbocycles. The van der Waals surface area contributed by atoms with Crippen LogP contribution in [0.2, 0.25) is 0 Å². The summed E-state index contributed by atoms with van der Waals surface area (Å²) in [7, 11) is 0. The Morgan fingerprint density at radius 3 is 2.90 bits per heavy atom. The monoisotopic (exact) mass is 403 g/mol. The molecular weight excluding hydrogens is 382 g/mol. The molecule has 2 heterocycles. The van der Waals surface area contributed by atoms with Crippen molar-refractivity contribution in [2.24, 2.45) is 0 Å². The summed E-state index contributed by atoms with van der Waals surface area (Å²) in [6.07, 6.45) is 2.47. The first-order valence-electron chi connectivity index (χ1n) is 9.44. The molecule has 1 N–H and O–H groups in total. The summed E-state index contributed by atoms with van der Waals surface area (Å²) < 4.78 is 5.78. The van der Waals surface area contributed by atoms with Gasteiger partial charge in [0.25, 0.3) is 11.1 Å². The van der Waals surface area contributed by atoms with Crippen molar-refractivity contribution in [3.8, 4) is 0 Å². The Hall–Kier alpha value is -3.12. The number of hydrogen-bond donors (Lipinski definition) is 1. The van der Waals surface area contributed by atoms with Crippen molar-refractivity contribution in [3.05, 3.63) is 89.2 Å². The van der Waals surface area contributed by atoms with Crippen LogP contribution in [0.3, 0.4) is 0 Å². The lowest BCUT2D eigenvalue weighted by Gasteiger charge is -2.06. The Balaban J connectivity index is 1.34. The molecule has 5 nitrogen and oxygen atoms in total. The number of pyridine rings is 1. The quantitative estimate of drug-likeness (QED) is 0.449. The van der Waals surface area contributed by atoms with Crippen molar-refractivity contribution in [2.75, 3.05) is 6.54 Å². The largest absolute Gasteiger partial charge is 0.431 e. The second kappa shape index (κ2) is 8.92. The second-order valence-corrected chi connectivity index (χ2v) is 7.69. The molecular formula is C23H21N3O2S. The number of aryl methyl sites for hydroxylation is 1. The van der Waals surface area contributed by atoms with Gasteiger partial charge in [0, 0.05) is 36.2 Å². The summed E-state index contributed by atoms with van der Waals surface area (Å²) in [6, 6.07) is 19.4. The van der Waals surface area contributed by atoms with Gasteiger partial charge in [-0.2, -0.15) is 0 Å². The molecule has 0 spiro atoms. The van der Waals surface area contributed by atoms with E-state index < -0.39 is 0 Å². The lowest BCUT2D eigenvalue weighted by molar-refractivity contribution is 0.0954. The molecule has 0 aliphatic rings. The van der Waals surface area contributed by atoms with Gasteiger partial charge in [-0.25, -0.2) is 4.98 Å². The van der Waals surface area contributed by atoms with Crippen LogP contribution >= 0.6 is 11.8 Å². The average Bonchev–Trinajstić information content (AvgIpc) is 3.15. The van der Waals surface area contributed by atoms with E-state index in [0.29, 0.717) is 29.5 Å². The van der Waals surface area contributed by atoms with E-state index in [9.17, 15) is 4.79 Å². The summed E-state index contributed by atoms with van der Waals surface area (Å²) >= 11 is 1.52. The van der Waals surface area contributed by atoms with E-state index in [2.05, 4.69) is 15.3 Å². The Labute approximate surface area is 173 Å². The van der Waals surface area contributed by atoms with Gasteiger partial charge in [-0.3, -0.25) is 9.78 Å². The number of amides is 1. The minimum atomic E-state index is -0.0786. The first-order valence-corrected chi connectivity index (χ1v) is 10.4. The zero-order valence-electron chi connectivity index (χ0n) is 16.1. The van der Waals surface area contributed by atoms with Crippen molar-refractivity contribution in [3.63, 3.8) is 0 Å². The standard InChI is InChI=1S/C23H21N3O2S/c1-16-8-9-21-20(13-16)26-23(28-21)29-15-17-5-4-6-18(14-17)22(27)25-12-10-19-7-2-3-11-24-19/h2-9,11,13-14H,10,12,15H2,1H3,(H,25,27). The van der Waals surface area contributed by atoms with Gasteiger partial charge in [-0.15, -0.1) is 0 Å². The van der Waals surface area contributed by atoms with Gasteiger partial charge in [-0.05, 0) is 54.4 Å². The van der Waals surface area contributed by atoms with Crippen molar-refractivity contribution in [1.29, 1.82) is 0 Å². The van der Waals surface area contributed by atoms with Gasteiger partial charge in [0.1, 0.15) is 5.52 Å². The van der Waals surface area contributed by atoms with Gasteiger partial charge < -0.3 is 9.73 Å². The van der Waals surface area contributed by atoms with Gasteiger partial charge in [0.15, 0.2) is 5.58 Å². The molecule has 0 aliphatic carbocycles. The number of carbonyl (C=O) groups excluding carboxylic acids is 1. The van der Waals surface area contributed by atoms with Crippen molar-refractivity contribution in [1.82, 2.24) is 15.3 Å². The van der Waals surface area contributed by atoms with Crippen LogP contribution in [0.15, 0.2) is 76.5 Å². The van der Waals surface area contributed by atoms with Crippen LogP contribution in [0.5, 0.6) is 0 Å². The molecule has 2 aromatic carbocycles. The van der Waals surface area contributed by atoms with Crippen LogP contribution in [0.25, 0.3) is 11.1 Å². The van der Waals surface area contributed by atoms with Crippen molar-refractivity contribution < 1.29 is 9.21 Å². The third-order valence-corrected chi connectivity index (χ3v) is 5.37. The predicted octanol–water partition coefficient (Wildman–Crippen LogP) is 4.80. The van der Waals surface area contributed by atoms with E-state index in [1.54, 1.807) is 6.20 Å². The molecule has 4 rings (SSSR count). The highest BCUT2D eigenvalue weighted by molar-refractivity contribution is 7.98. The number of benzene rings is 2. The summed E-state index contributed by atoms with van der Waals surface area (Å²) in [4.78, 5) is 21.2. The molecule has 146 valence electrons. The topological polar surface area (TPSA) is 68.0 Å². The number of carbonyl (C=O) groups is 1. The highest BCUT2D eigenvalue weighted by Crippen LogP contribution is 2.27. The van der Waals surface area contributed by atoms with Crippen LogP contribution in [-0.4, -0.2) is 22.4 Å². The fourth-order valence-electron chi connectivity index (χ4n) is 2.98. The Kier molecular flexibility index (Phi) is 5.91. The number of oxazole rings is 1. The maximum atomic E-state index is 12.4. The number of thioether (sulfide) groups is 1. The number of nitrogens with zero attached hydrogens (tertiary/aromatic N) is 2. The smallest absolute Gasteiger partial charge is 0.257 e. The number of nitrogens with one attached hydrogen (secondary N) is 1. The molecule has 0 unspecified atom stereocenters. The SMILES string of the molecule is Cc1ccc2oc(SCc3cccc(C(=O)NCCc4ccccn4)c3)nc2c1. The molecule has 0 radical (unpaired) electrons. The number of rotatable bonds is 7. The predicted molar refractivity (Wildman–Crippen MR) is 115 cm³/mol. The summed E-state index contributed by atoms with van der Waals surface area (Å²) in [5, 5.41) is 3.59. The van der Waals surface area contributed by atoms with Crippen LogP contribution in [0, 0.1) is 6.92 Å². The number of aromatic nitrogens is 2. The van der Waals surface area contributed by atoms with Crippen LogP contribution in [0.1, 0.15) is 27.2 Å². The lowest BCUT2D eigenvalue weighted by Crippen LogP contribution is -2.25. The zero-order chi connectivity index (χ0) is 20.1. The highest BCUT2D eigenvalue weighted by Gasteiger charge is 2.09. The molecule has 0 aliphatic heterocycles. The van der Waals surface area contributed by atoms with Crippen LogP contribution < -0.4 is 5.32 Å². The van der Waals surface area contributed by atoms with Crippen molar-refractivity contribution >= 4 is 28.8 Å². The molecule has 0 bridgehead atoms. The zero-order valence-corrected chi connectivity index (χ0v) is 16.9.